The van der Waals surface area contributed by atoms with Crippen LogP contribution in [0.1, 0.15) is 40.0 Å². The van der Waals surface area contributed by atoms with Crippen molar-refractivity contribution >= 4 is 11.6 Å². The van der Waals surface area contributed by atoms with Crippen molar-refractivity contribution in [2.24, 2.45) is 11.1 Å². The second-order valence-corrected chi connectivity index (χ2v) is 9.46. The molecule has 0 aliphatic carbocycles. The zero-order valence-electron chi connectivity index (χ0n) is 18.2. The Balaban J connectivity index is 1.66. The largest absolute Gasteiger partial charge is 0.371 e. The van der Waals surface area contributed by atoms with Gasteiger partial charge in [0.1, 0.15) is 5.54 Å². The molecule has 158 valence electrons. The van der Waals surface area contributed by atoms with Crippen molar-refractivity contribution in [3.63, 3.8) is 0 Å². The molecule has 0 spiro atoms. The first-order chi connectivity index (χ1) is 14.2. The van der Waals surface area contributed by atoms with Crippen LogP contribution in [0.5, 0.6) is 0 Å². The Morgan fingerprint density at radius 3 is 2.37 bits per heavy atom. The molecule has 1 atom stereocenters. The highest BCUT2D eigenvalue weighted by Crippen LogP contribution is 2.30. The van der Waals surface area contributed by atoms with Crippen LogP contribution in [0.3, 0.4) is 0 Å². The van der Waals surface area contributed by atoms with E-state index in [1.807, 2.05) is 18.2 Å². The fraction of sp³-hybridized carbons (Fsp3) is 0.440. The molecule has 3 rings (SSSR count). The van der Waals surface area contributed by atoms with E-state index in [0.29, 0.717) is 32.4 Å². The molecule has 5 nitrogen and oxygen atoms in total. The molecule has 30 heavy (non-hydrogen) atoms. The average Bonchev–Trinajstić information content (AvgIpc) is 2.74. The van der Waals surface area contributed by atoms with Crippen LogP contribution < -0.4 is 16.0 Å². The predicted octanol–water partition coefficient (Wildman–Crippen LogP) is 4.10. The highest BCUT2D eigenvalue weighted by atomic mass is 16.2. The minimum Gasteiger partial charge on any atom is -0.371 e. The average molecular weight is 405 g/mol. The molecule has 1 fully saturated rings. The second-order valence-electron chi connectivity index (χ2n) is 9.46. The van der Waals surface area contributed by atoms with E-state index in [9.17, 15) is 10.1 Å². The first kappa shape index (κ1) is 21.9. The SMILES string of the molecule is CC(C)(C)CC(N)C(=O)NC1(C#N)CCN(c2cccc(-c3ccccc3)c2)CC1. The van der Waals surface area contributed by atoms with Crippen LogP contribution in [-0.2, 0) is 4.79 Å². The summed E-state index contributed by atoms with van der Waals surface area (Å²) in [7, 11) is 0. The zero-order valence-corrected chi connectivity index (χ0v) is 18.2. The second kappa shape index (κ2) is 8.89. The van der Waals surface area contributed by atoms with Gasteiger partial charge in [0.25, 0.3) is 0 Å². The Morgan fingerprint density at radius 2 is 1.77 bits per heavy atom. The number of nitrogens with zero attached hydrogens (tertiary/aromatic N) is 2. The van der Waals surface area contributed by atoms with Gasteiger partial charge in [-0.3, -0.25) is 4.79 Å². The van der Waals surface area contributed by atoms with Crippen molar-refractivity contribution in [1.29, 1.82) is 5.26 Å². The molecule has 0 radical (unpaired) electrons. The molecular formula is C25H32N4O. The third-order valence-corrected chi connectivity index (χ3v) is 5.68. The summed E-state index contributed by atoms with van der Waals surface area (Å²) in [6.07, 6.45) is 1.73. The van der Waals surface area contributed by atoms with Crippen molar-refractivity contribution in [3.05, 3.63) is 54.6 Å². The van der Waals surface area contributed by atoms with Gasteiger partial charge < -0.3 is 16.0 Å². The van der Waals surface area contributed by atoms with Gasteiger partial charge in [-0.25, -0.2) is 0 Å². The van der Waals surface area contributed by atoms with E-state index in [0.717, 1.165) is 5.69 Å². The number of hydrogen-bond acceptors (Lipinski definition) is 4. The van der Waals surface area contributed by atoms with Crippen LogP contribution in [0.15, 0.2) is 54.6 Å². The Bertz CT molecular complexity index is 903. The fourth-order valence-electron chi connectivity index (χ4n) is 4.01. The van der Waals surface area contributed by atoms with E-state index < -0.39 is 11.6 Å². The van der Waals surface area contributed by atoms with Crippen LogP contribution >= 0.6 is 0 Å². The molecule has 5 heteroatoms. The van der Waals surface area contributed by atoms with E-state index in [1.54, 1.807) is 0 Å². The van der Waals surface area contributed by atoms with Crippen molar-refractivity contribution < 1.29 is 4.79 Å². The number of nitriles is 1. The summed E-state index contributed by atoms with van der Waals surface area (Å²) in [5.74, 6) is -0.231. The normalized spacial score (nSPS) is 17.1. The third-order valence-electron chi connectivity index (χ3n) is 5.68. The molecule has 1 heterocycles. The summed E-state index contributed by atoms with van der Waals surface area (Å²) in [5, 5.41) is 12.8. The van der Waals surface area contributed by atoms with Crippen LogP contribution in [0, 0.1) is 16.7 Å². The summed E-state index contributed by atoms with van der Waals surface area (Å²) in [6.45, 7) is 7.59. The van der Waals surface area contributed by atoms with Crippen LogP contribution in [0.2, 0.25) is 0 Å². The maximum atomic E-state index is 12.6. The first-order valence-corrected chi connectivity index (χ1v) is 10.6. The standard InChI is InChI=1S/C25H32N4O/c1-24(2,3)17-22(27)23(30)28-25(18-26)12-14-29(15-13-25)21-11-7-10-20(16-21)19-8-5-4-6-9-19/h4-11,16,22H,12-15,17,27H2,1-3H3,(H,28,30). The third kappa shape index (κ3) is 5.40. The number of carbonyl (C=O) groups is 1. The highest BCUT2D eigenvalue weighted by molar-refractivity contribution is 5.82. The summed E-state index contributed by atoms with van der Waals surface area (Å²) in [6, 6.07) is 20.5. The summed E-state index contributed by atoms with van der Waals surface area (Å²) >= 11 is 0. The number of piperidine rings is 1. The minimum atomic E-state index is -0.847. The Hall–Kier alpha value is -2.84. The summed E-state index contributed by atoms with van der Waals surface area (Å²) in [5.41, 5.74) is 8.70. The number of anilines is 1. The van der Waals surface area contributed by atoms with Gasteiger partial charge >= 0.3 is 0 Å². The quantitative estimate of drug-likeness (QED) is 0.786. The zero-order chi connectivity index (χ0) is 21.8. The topological polar surface area (TPSA) is 82.1 Å². The Kier molecular flexibility index (Phi) is 6.48. The van der Waals surface area contributed by atoms with Gasteiger partial charge in [-0.1, -0.05) is 63.2 Å². The molecule has 1 saturated heterocycles. The van der Waals surface area contributed by atoms with E-state index in [2.05, 4.69) is 73.5 Å². The monoisotopic (exact) mass is 404 g/mol. The lowest BCUT2D eigenvalue weighted by atomic mass is 9.86. The molecule has 1 aliphatic heterocycles. The molecule has 0 saturated carbocycles. The van der Waals surface area contributed by atoms with Gasteiger partial charge in [-0.2, -0.15) is 5.26 Å². The molecule has 2 aromatic rings. The number of carbonyl (C=O) groups excluding carboxylic acids is 1. The Labute approximate surface area is 179 Å². The van der Waals surface area contributed by atoms with Gasteiger partial charge in [0.2, 0.25) is 5.91 Å². The first-order valence-electron chi connectivity index (χ1n) is 10.6. The maximum absolute atomic E-state index is 12.6. The van der Waals surface area contributed by atoms with Gasteiger partial charge in [0.05, 0.1) is 12.1 Å². The lowest BCUT2D eigenvalue weighted by Crippen LogP contribution is -2.58. The maximum Gasteiger partial charge on any atom is 0.238 e. The van der Waals surface area contributed by atoms with Crippen molar-refractivity contribution in [2.75, 3.05) is 18.0 Å². The summed E-state index contributed by atoms with van der Waals surface area (Å²) < 4.78 is 0. The van der Waals surface area contributed by atoms with Crippen molar-refractivity contribution in [2.45, 2.75) is 51.6 Å². The number of rotatable bonds is 5. The Morgan fingerprint density at radius 1 is 1.13 bits per heavy atom. The number of amides is 1. The number of benzene rings is 2. The smallest absolute Gasteiger partial charge is 0.238 e. The van der Waals surface area contributed by atoms with E-state index in [4.69, 9.17) is 5.73 Å². The lowest BCUT2D eigenvalue weighted by Gasteiger charge is -2.39. The van der Waals surface area contributed by atoms with E-state index >= 15 is 0 Å². The molecule has 1 aliphatic rings. The lowest BCUT2D eigenvalue weighted by molar-refractivity contribution is -0.124. The molecule has 0 aromatic heterocycles. The van der Waals surface area contributed by atoms with Crippen molar-refractivity contribution in [3.8, 4) is 17.2 Å². The summed E-state index contributed by atoms with van der Waals surface area (Å²) in [4.78, 5) is 14.9. The molecule has 0 bridgehead atoms. The van der Waals surface area contributed by atoms with E-state index in [1.165, 1.54) is 11.1 Å². The molecule has 1 amide bonds. The van der Waals surface area contributed by atoms with Crippen LogP contribution in [-0.4, -0.2) is 30.6 Å². The number of nitrogens with two attached hydrogens (primary N) is 1. The molecular weight excluding hydrogens is 372 g/mol. The molecule has 3 N–H and O–H groups in total. The van der Waals surface area contributed by atoms with Gasteiger partial charge in [0.15, 0.2) is 0 Å². The van der Waals surface area contributed by atoms with Gasteiger partial charge in [0, 0.05) is 31.6 Å². The molecule has 1 unspecified atom stereocenters. The van der Waals surface area contributed by atoms with Gasteiger partial charge in [-0.05, 0) is 35.1 Å². The van der Waals surface area contributed by atoms with Crippen LogP contribution in [0.25, 0.3) is 11.1 Å². The predicted molar refractivity (Wildman–Crippen MR) is 122 cm³/mol. The van der Waals surface area contributed by atoms with Crippen molar-refractivity contribution in [1.82, 2.24) is 5.32 Å². The van der Waals surface area contributed by atoms with E-state index in [-0.39, 0.29) is 11.3 Å². The van der Waals surface area contributed by atoms with Gasteiger partial charge in [-0.15, -0.1) is 0 Å². The minimum absolute atomic E-state index is 0.0380. The number of hydrogen-bond donors (Lipinski definition) is 2. The molecule has 2 aromatic carbocycles. The number of nitrogens with one attached hydrogen (secondary N) is 1. The fourth-order valence-corrected chi connectivity index (χ4v) is 4.01. The van der Waals surface area contributed by atoms with Crippen LogP contribution in [0.4, 0.5) is 5.69 Å². The highest BCUT2D eigenvalue weighted by Gasteiger charge is 2.37.